The van der Waals surface area contributed by atoms with Gasteiger partial charge in [-0.1, -0.05) is 11.6 Å². The van der Waals surface area contributed by atoms with Crippen molar-refractivity contribution in [2.75, 3.05) is 19.6 Å². The Bertz CT molecular complexity index is 447. The van der Waals surface area contributed by atoms with E-state index in [1.807, 2.05) is 6.07 Å². The number of carbonyl (C=O) groups is 1. The highest BCUT2D eigenvalue weighted by Gasteiger charge is 2.13. The van der Waals surface area contributed by atoms with Gasteiger partial charge in [0.15, 0.2) is 0 Å². The molecule has 5 heteroatoms. The number of halogens is 2. The minimum Gasteiger partial charge on any atom is -0.352 e. The molecular weight excluding hydrogens is 375 g/mol. The van der Waals surface area contributed by atoms with E-state index in [1.165, 1.54) is 12.8 Å². The summed E-state index contributed by atoms with van der Waals surface area (Å²) in [5.74, 6) is 0.678. The predicted octanol–water partition coefficient (Wildman–Crippen LogP) is 3.06. The summed E-state index contributed by atoms with van der Waals surface area (Å²) in [6, 6.07) is 5.35. The first kappa shape index (κ1) is 15.1. The predicted molar refractivity (Wildman–Crippen MR) is 86.7 cm³/mol. The molecule has 0 radical (unpaired) electrons. The zero-order chi connectivity index (χ0) is 13.7. The van der Waals surface area contributed by atoms with Crippen molar-refractivity contribution in [2.24, 2.45) is 5.92 Å². The highest BCUT2D eigenvalue weighted by molar-refractivity contribution is 14.1. The van der Waals surface area contributed by atoms with Crippen molar-refractivity contribution < 1.29 is 4.79 Å². The van der Waals surface area contributed by atoms with Crippen LogP contribution in [0.5, 0.6) is 0 Å². The summed E-state index contributed by atoms with van der Waals surface area (Å²) in [5.41, 5.74) is 0.676. The molecule has 3 nitrogen and oxygen atoms in total. The van der Waals surface area contributed by atoms with Gasteiger partial charge in [0.2, 0.25) is 0 Å². The quantitative estimate of drug-likeness (QED) is 0.773. The van der Waals surface area contributed by atoms with Crippen LogP contribution in [0.2, 0.25) is 5.02 Å². The Balaban J connectivity index is 1.78. The topological polar surface area (TPSA) is 41.1 Å². The Kier molecular flexibility index (Phi) is 5.91. The fourth-order valence-corrected chi connectivity index (χ4v) is 2.93. The summed E-state index contributed by atoms with van der Waals surface area (Å²) in [6.45, 7) is 2.95. The number of piperidine rings is 1. The van der Waals surface area contributed by atoms with E-state index in [2.05, 4.69) is 33.2 Å². The Morgan fingerprint density at radius 3 is 3.05 bits per heavy atom. The molecule has 0 aliphatic carbocycles. The lowest BCUT2D eigenvalue weighted by atomic mass is 9.96. The summed E-state index contributed by atoms with van der Waals surface area (Å²) in [4.78, 5) is 12.0. The van der Waals surface area contributed by atoms with Gasteiger partial charge in [-0.25, -0.2) is 0 Å². The molecule has 1 atom stereocenters. The minimum atomic E-state index is -0.0154. The monoisotopic (exact) mass is 392 g/mol. The molecule has 1 heterocycles. The van der Waals surface area contributed by atoms with Gasteiger partial charge in [0.25, 0.3) is 5.91 Å². The Labute approximate surface area is 132 Å². The fraction of sp³-hybridized carbons (Fsp3) is 0.500. The largest absolute Gasteiger partial charge is 0.352 e. The number of benzene rings is 1. The second-order valence-electron chi connectivity index (χ2n) is 4.89. The van der Waals surface area contributed by atoms with Crippen LogP contribution in [0.1, 0.15) is 29.6 Å². The van der Waals surface area contributed by atoms with Gasteiger partial charge in [-0.2, -0.15) is 0 Å². The fourth-order valence-electron chi connectivity index (χ4n) is 2.30. The van der Waals surface area contributed by atoms with Crippen LogP contribution in [0.4, 0.5) is 0 Å². The van der Waals surface area contributed by atoms with Crippen molar-refractivity contribution in [1.29, 1.82) is 0 Å². The maximum atomic E-state index is 12.0. The number of rotatable bonds is 4. The van der Waals surface area contributed by atoms with Gasteiger partial charge >= 0.3 is 0 Å². The van der Waals surface area contributed by atoms with E-state index < -0.39 is 0 Å². The zero-order valence-corrected chi connectivity index (χ0v) is 13.6. The zero-order valence-electron chi connectivity index (χ0n) is 10.7. The molecule has 1 aromatic rings. The molecule has 104 valence electrons. The van der Waals surface area contributed by atoms with Gasteiger partial charge in [0.1, 0.15) is 0 Å². The van der Waals surface area contributed by atoms with Crippen LogP contribution in [0.25, 0.3) is 0 Å². The first-order chi connectivity index (χ1) is 9.16. The van der Waals surface area contributed by atoms with Crippen LogP contribution in [-0.2, 0) is 0 Å². The lowest BCUT2D eigenvalue weighted by Crippen LogP contribution is -2.33. The molecule has 1 amide bonds. The Morgan fingerprint density at radius 1 is 1.53 bits per heavy atom. The average molecular weight is 393 g/mol. The van der Waals surface area contributed by atoms with Gasteiger partial charge < -0.3 is 10.6 Å². The summed E-state index contributed by atoms with van der Waals surface area (Å²) in [7, 11) is 0. The summed E-state index contributed by atoms with van der Waals surface area (Å²) < 4.78 is 0.906. The van der Waals surface area contributed by atoms with Gasteiger partial charge in [-0.15, -0.1) is 0 Å². The molecule has 0 aromatic heterocycles. The Morgan fingerprint density at radius 2 is 2.37 bits per heavy atom. The van der Waals surface area contributed by atoms with Crippen LogP contribution in [0, 0.1) is 9.49 Å². The van der Waals surface area contributed by atoms with Gasteiger partial charge in [0, 0.05) is 15.7 Å². The van der Waals surface area contributed by atoms with E-state index in [1.54, 1.807) is 12.1 Å². The molecule has 0 saturated carbocycles. The third-order valence-electron chi connectivity index (χ3n) is 3.42. The average Bonchev–Trinajstić information content (AvgIpc) is 2.43. The molecule has 2 N–H and O–H groups in total. The van der Waals surface area contributed by atoms with E-state index >= 15 is 0 Å². The molecule has 0 spiro atoms. The number of hydrogen-bond acceptors (Lipinski definition) is 2. The second kappa shape index (κ2) is 7.45. The molecule has 1 fully saturated rings. The number of nitrogens with one attached hydrogen (secondary N) is 2. The van der Waals surface area contributed by atoms with Crippen LogP contribution < -0.4 is 10.6 Å². The van der Waals surface area contributed by atoms with Crippen molar-refractivity contribution in [2.45, 2.75) is 19.3 Å². The molecule has 1 saturated heterocycles. The van der Waals surface area contributed by atoms with Crippen LogP contribution >= 0.6 is 34.2 Å². The third kappa shape index (κ3) is 4.61. The highest BCUT2D eigenvalue weighted by atomic mass is 127. The van der Waals surface area contributed by atoms with Gasteiger partial charge in [0.05, 0.1) is 5.02 Å². The van der Waals surface area contributed by atoms with E-state index in [-0.39, 0.29) is 5.91 Å². The van der Waals surface area contributed by atoms with Crippen molar-refractivity contribution in [3.05, 3.63) is 32.4 Å². The molecule has 0 bridgehead atoms. The number of hydrogen-bond donors (Lipinski definition) is 2. The third-order valence-corrected chi connectivity index (χ3v) is 4.96. The molecule has 1 unspecified atom stereocenters. The van der Waals surface area contributed by atoms with Crippen molar-refractivity contribution in [3.63, 3.8) is 0 Å². The SMILES string of the molecule is O=C(NCCC1CCCNC1)c1ccc(Cl)c(I)c1. The molecule has 1 aromatic carbocycles. The van der Waals surface area contributed by atoms with Crippen molar-refractivity contribution in [1.82, 2.24) is 10.6 Å². The van der Waals surface area contributed by atoms with E-state index in [9.17, 15) is 4.79 Å². The summed E-state index contributed by atoms with van der Waals surface area (Å²) in [6.07, 6.45) is 3.55. The van der Waals surface area contributed by atoms with E-state index in [0.29, 0.717) is 16.5 Å². The second-order valence-corrected chi connectivity index (χ2v) is 6.46. The van der Waals surface area contributed by atoms with E-state index in [4.69, 9.17) is 11.6 Å². The van der Waals surface area contributed by atoms with Crippen molar-refractivity contribution in [3.8, 4) is 0 Å². The maximum Gasteiger partial charge on any atom is 0.251 e. The maximum absolute atomic E-state index is 12.0. The van der Waals surface area contributed by atoms with Crippen LogP contribution in [0.15, 0.2) is 18.2 Å². The molecule has 19 heavy (non-hydrogen) atoms. The molecule has 1 aliphatic heterocycles. The molecule has 1 aliphatic rings. The smallest absolute Gasteiger partial charge is 0.251 e. The minimum absolute atomic E-state index is 0.0154. The number of carbonyl (C=O) groups excluding carboxylic acids is 1. The first-order valence-corrected chi connectivity index (χ1v) is 8.06. The molecule has 2 rings (SSSR count). The van der Waals surface area contributed by atoms with E-state index in [0.717, 1.165) is 29.6 Å². The first-order valence-electron chi connectivity index (χ1n) is 6.61. The van der Waals surface area contributed by atoms with Crippen molar-refractivity contribution >= 4 is 40.1 Å². The summed E-state index contributed by atoms with van der Waals surface area (Å²) in [5, 5.41) is 7.06. The Hall–Kier alpha value is -0.330. The van der Waals surface area contributed by atoms with Crippen LogP contribution in [-0.4, -0.2) is 25.5 Å². The standard InChI is InChI=1S/C14H18ClIN2O/c15-12-4-3-11(8-13(12)16)14(19)18-7-5-10-2-1-6-17-9-10/h3-4,8,10,17H,1-2,5-7,9H2,(H,18,19). The molecular formula is C14H18ClIN2O. The highest BCUT2D eigenvalue weighted by Crippen LogP contribution is 2.19. The number of amides is 1. The lowest BCUT2D eigenvalue weighted by Gasteiger charge is -2.22. The normalized spacial score (nSPS) is 19.2. The summed E-state index contributed by atoms with van der Waals surface area (Å²) >= 11 is 8.08. The lowest BCUT2D eigenvalue weighted by molar-refractivity contribution is 0.0950. The van der Waals surface area contributed by atoms with Gasteiger partial charge in [-0.05, 0) is 79.1 Å². The van der Waals surface area contributed by atoms with Gasteiger partial charge in [-0.3, -0.25) is 4.79 Å². The van der Waals surface area contributed by atoms with Crippen LogP contribution in [0.3, 0.4) is 0 Å².